The Morgan fingerprint density at radius 1 is 0.718 bits per heavy atom. The molecule has 0 aliphatic rings. The number of carbonyl (C=O) groups excluding carboxylic acids is 4. The van der Waals surface area contributed by atoms with E-state index in [0.717, 1.165) is 14.1 Å². The Morgan fingerprint density at radius 3 is 1.38 bits per heavy atom. The second-order valence-corrected chi connectivity index (χ2v) is 45.2. The van der Waals surface area contributed by atoms with E-state index in [-0.39, 0.29) is 63.0 Å². The largest absolute Gasteiger partial charge is 0.480 e. The first-order chi connectivity index (χ1) is 18.0. The Bertz CT molecular complexity index is 753. The average Bonchev–Trinajstić information content (AvgIpc) is 2.83. The molecule has 0 amide bonds. The standard InChI is InChI=1S/C5H10NO3P.C5H16NO2P7.C5H18NOP7/c1-3(7)2-4(6-10)5(8)9;1-3(7)2-4(6-9)5(8)14(13-10)15(11)12;1-4(7)2-5(6-8)3-13(12-9)14(10)11/h4,6H,2,10H2,1H3,(H,8,9);4,6,13H,2,9-12H2,1H3;5-6,12H,2-3,8-11H2,1H3/t4-;4-,14?;5-,13?/m000/s1. The van der Waals surface area contributed by atoms with Gasteiger partial charge in [-0.15, -0.1) is 53.6 Å². The highest BCUT2D eigenvalue weighted by Crippen LogP contribution is 2.89. The van der Waals surface area contributed by atoms with Gasteiger partial charge < -0.3 is 5.11 Å². The zero-order valence-electron chi connectivity index (χ0n) is 22.0. The van der Waals surface area contributed by atoms with Gasteiger partial charge >= 0.3 is 5.97 Å². The molecule has 0 spiro atoms. The SMILES string of the molecule is CC(=O)C[C@@H](CP(PP)P(P)P)NP.CC(=O)C[C@H](NP)C(=O)O.CC(=O)C[C@H](NP)C(=O)P(PP)P(P)P. The molecule has 0 saturated carbocycles. The third kappa shape index (κ3) is 27.3. The number of rotatable bonds is 18. The van der Waals surface area contributed by atoms with Crippen LogP contribution in [0.25, 0.3) is 0 Å². The molecule has 9 nitrogen and oxygen atoms in total. The van der Waals surface area contributed by atoms with Gasteiger partial charge in [0.05, 0.1) is 6.04 Å². The highest BCUT2D eigenvalue weighted by molar-refractivity contribution is 8.90. The summed E-state index contributed by atoms with van der Waals surface area (Å²) in [6.45, 7) is 4.14. The fourth-order valence-electron chi connectivity index (χ4n) is 2.35. The van der Waals surface area contributed by atoms with Gasteiger partial charge in [-0.05, 0) is 48.2 Å². The summed E-state index contributed by atoms with van der Waals surface area (Å²) >= 11 is 0. The highest BCUT2D eigenvalue weighted by atomic mass is 32.9. The molecule has 0 fully saturated rings. The number of carboxylic acid groups (broad SMARTS) is 1. The van der Waals surface area contributed by atoms with Crippen molar-refractivity contribution in [3.63, 3.8) is 0 Å². The Labute approximate surface area is 262 Å². The van der Waals surface area contributed by atoms with Crippen molar-refractivity contribution in [2.24, 2.45) is 0 Å². The van der Waals surface area contributed by atoms with Gasteiger partial charge in [-0.3, -0.25) is 39.2 Å². The summed E-state index contributed by atoms with van der Waals surface area (Å²) in [5.74, 6) is -0.835. The van der Waals surface area contributed by atoms with E-state index in [1.165, 1.54) is 13.8 Å². The van der Waals surface area contributed by atoms with Crippen LogP contribution in [-0.4, -0.2) is 58.2 Å². The highest BCUT2D eigenvalue weighted by Gasteiger charge is 2.28. The van der Waals surface area contributed by atoms with Gasteiger partial charge in [-0.1, -0.05) is 44.1 Å². The maximum absolute atomic E-state index is 12.1. The van der Waals surface area contributed by atoms with Crippen molar-refractivity contribution in [3.8, 4) is 0 Å². The van der Waals surface area contributed by atoms with Crippen molar-refractivity contribution in [1.29, 1.82) is 0 Å². The van der Waals surface area contributed by atoms with E-state index >= 15 is 0 Å². The van der Waals surface area contributed by atoms with Crippen LogP contribution in [0.5, 0.6) is 0 Å². The lowest BCUT2D eigenvalue weighted by molar-refractivity contribution is -0.140. The van der Waals surface area contributed by atoms with Gasteiger partial charge in [0, 0.05) is 32.6 Å². The maximum Gasteiger partial charge on any atom is 0.321 e. The summed E-state index contributed by atoms with van der Waals surface area (Å²) in [7, 11) is 24.5. The molecule has 0 aromatic rings. The summed E-state index contributed by atoms with van der Waals surface area (Å²) in [5, 5.41) is 16.8. The van der Waals surface area contributed by atoms with Crippen LogP contribution in [0, 0.1) is 0 Å². The lowest BCUT2D eigenvalue weighted by Gasteiger charge is -2.24. The maximum atomic E-state index is 12.1. The minimum atomic E-state index is -1.01. The van der Waals surface area contributed by atoms with Crippen LogP contribution >= 0.6 is 126 Å². The number of Topliss-reactive ketones (excluding diaryl/α,β-unsaturated/α-hetero) is 3. The lowest BCUT2D eigenvalue weighted by atomic mass is 10.2. The Kier molecular flexibility index (Phi) is 36.7. The molecule has 0 heterocycles. The number of nitrogens with one attached hydrogen (secondary N) is 3. The number of carboxylic acids is 1. The van der Waals surface area contributed by atoms with Gasteiger partial charge in [0.2, 0.25) is 0 Å². The first kappa shape index (κ1) is 47.9. The second kappa shape index (κ2) is 29.9. The topological polar surface area (TPSA) is 142 Å². The minimum Gasteiger partial charge on any atom is -0.480 e. The molecule has 0 saturated heterocycles. The van der Waals surface area contributed by atoms with Crippen molar-refractivity contribution in [1.82, 2.24) is 15.3 Å². The van der Waals surface area contributed by atoms with Crippen LogP contribution in [0.2, 0.25) is 0 Å². The Hall–Kier alpha value is 4.48. The molecule has 24 heteroatoms. The molecule has 0 aliphatic heterocycles. The van der Waals surface area contributed by atoms with E-state index in [9.17, 15) is 24.0 Å². The summed E-state index contributed by atoms with van der Waals surface area (Å²) in [6, 6.07) is -0.775. The first-order valence-corrected chi connectivity index (χ1v) is 33.2. The summed E-state index contributed by atoms with van der Waals surface area (Å²) in [5.41, 5.74) is 0.194. The molecule has 0 rings (SSSR count). The van der Waals surface area contributed by atoms with E-state index in [2.05, 4.69) is 97.0 Å². The van der Waals surface area contributed by atoms with Crippen LogP contribution in [0.3, 0.4) is 0 Å². The molecule has 0 aliphatic carbocycles. The van der Waals surface area contributed by atoms with Crippen molar-refractivity contribution in [3.05, 3.63) is 0 Å². The predicted molar refractivity (Wildman–Crippen MR) is 216 cm³/mol. The van der Waals surface area contributed by atoms with Crippen LogP contribution in [0.4, 0.5) is 0 Å². The van der Waals surface area contributed by atoms with Crippen LogP contribution in [0.1, 0.15) is 40.0 Å². The zero-order chi connectivity index (χ0) is 31.3. The molecule has 39 heavy (non-hydrogen) atoms. The fraction of sp³-hybridized carbons (Fsp3) is 0.667. The molecule has 16 atom stereocenters. The first-order valence-electron chi connectivity index (χ1n) is 10.7. The molecule has 0 aromatic heterocycles. The number of hydrogen-bond acceptors (Lipinski definition) is 8. The second-order valence-electron chi connectivity index (χ2n) is 7.61. The van der Waals surface area contributed by atoms with E-state index in [1.54, 1.807) is 6.92 Å². The number of aliphatic carboxylic acids is 1. The van der Waals surface area contributed by atoms with Gasteiger partial charge in [-0.2, -0.15) is 0 Å². The lowest BCUT2D eigenvalue weighted by Crippen LogP contribution is -2.31. The third-order valence-corrected chi connectivity index (χ3v) is 48.2. The molecular weight excluding hydrogens is 783 g/mol. The van der Waals surface area contributed by atoms with Gasteiger partial charge in [0.15, 0.2) is 5.52 Å². The van der Waals surface area contributed by atoms with Gasteiger partial charge in [-0.25, -0.2) is 0 Å². The van der Waals surface area contributed by atoms with E-state index in [1.807, 2.05) is 0 Å². The monoisotopic (exact) mass is 827 g/mol. The molecule has 0 radical (unpaired) electrons. The molecule has 0 aromatic carbocycles. The third-order valence-electron chi connectivity index (χ3n) is 4.13. The van der Waals surface area contributed by atoms with Gasteiger partial charge in [0.1, 0.15) is 23.4 Å². The van der Waals surface area contributed by atoms with E-state index in [4.69, 9.17) is 5.11 Å². The minimum absolute atomic E-state index is 0.00188. The van der Waals surface area contributed by atoms with Crippen molar-refractivity contribution >= 4 is 155 Å². The summed E-state index contributed by atoms with van der Waals surface area (Å²) in [6.07, 6.45) is 2.10. The molecule has 13 unspecified atom stereocenters. The zero-order valence-corrected chi connectivity index (χ0v) is 38.0. The quantitative estimate of drug-likeness (QED) is 0.115. The Balaban J connectivity index is -0.000000509. The molecular formula is C15H44N3O6P15. The van der Waals surface area contributed by atoms with Crippen molar-refractivity contribution < 1.29 is 29.1 Å². The summed E-state index contributed by atoms with van der Waals surface area (Å²) in [4.78, 5) is 54.7. The Morgan fingerprint density at radius 2 is 1.15 bits per heavy atom. The van der Waals surface area contributed by atoms with Crippen LogP contribution in [-0.2, 0) is 24.0 Å². The van der Waals surface area contributed by atoms with E-state index < -0.39 is 19.3 Å². The van der Waals surface area contributed by atoms with Crippen molar-refractivity contribution in [2.75, 3.05) is 6.16 Å². The number of ketones is 3. The van der Waals surface area contributed by atoms with Crippen LogP contribution in [0.15, 0.2) is 0 Å². The molecule has 0 bridgehead atoms. The van der Waals surface area contributed by atoms with Gasteiger partial charge in [0.25, 0.3) is 0 Å². The number of carbonyl (C=O) groups is 5. The smallest absolute Gasteiger partial charge is 0.321 e. The van der Waals surface area contributed by atoms with Crippen molar-refractivity contribution in [2.45, 2.75) is 58.2 Å². The summed E-state index contributed by atoms with van der Waals surface area (Å²) < 4.78 is 0. The van der Waals surface area contributed by atoms with Crippen LogP contribution < -0.4 is 15.3 Å². The average molecular weight is 827 g/mol. The van der Waals surface area contributed by atoms with E-state index in [0.29, 0.717) is 20.4 Å². The normalized spacial score (nSPS) is 15.2. The predicted octanol–water partition coefficient (Wildman–Crippen LogP) is 6.44. The molecule has 4 N–H and O–H groups in total. The number of hydrogen-bond donors (Lipinski definition) is 4. The fourth-order valence-corrected chi connectivity index (χ4v) is 47.4. The molecule has 230 valence electrons.